The van der Waals surface area contributed by atoms with Crippen LogP contribution < -0.4 is 5.73 Å². The average molecular weight is 214 g/mol. The number of morpholine rings is 1. The van der Waals surface area contributed by atoms with Crippen molar-refractivity contribution in [1.82, 2.24) is 4.90 Å². The number of carbonyl (C=O) groups is 1. The van der Waals surface area contributed by atoms with Crippen molar-refractivity contribution >= 4 is 5.91 Å². The molecule has 0 aromatic carbocycles. The Balaban J connectivity index is 2.64. The van der Waals surface area contributed by atoms with Crippen LogP contribution in [0.4, 0.5) is 0 Å². The third-order valence-corrected chi connectivity index (χ3v) is 2.73. The highest BCUT2D eigenvalue weighted by Crippen LogP contribution is 2.22. The van der Waals surface area contributed by atoms with E-state index < -0.39 is 5.60 Å². The highest BCUT2D eigenvalue weighted by atomic mass is 16.5. The van der Waals surface area contributed by atoms with Gasteiger partial charge in [0, 0.05) is 19.6 Å². The van der Waals surface area contributed by atoms with Crippen LogP contribution >= 0.6 is 0 Å². The van der Waals surface area contributed by atoms with E-state index in [1.807, 2.05) is 18.7 Å². The van der Waals surface area contributed by atoms with Crippen molar-refractivity contribution in [3.05, 3.63) is 0 Å². The third kappa shape index (κ3) is 2.92. The summed E-state index contributed by atoms with van der Waals surface area (Å²) in [6.07, 6.45) is 2.12. The van der Waals surface area contributed by atoms with Crippen LogP contribution in [0.25, 0.3) is 0 Å². The van der Waals surface area contributed by atoms with Crippen LogP contribution in [0.3, 0.4) is 0 Å². The summed E-state index contributed by atoms with van der Waals surface area (Å²) < 4.78 is 5.63. The molecule has 4 heteroatoms. The van der Waals surface area contributed by atoms with Crippen LogP contribution in [0, 0.1) is 0 Å². The predicted octanol–water partition coefficient (Wildman–Crippen LogP) is 0.751. The second-order valence-corrected chi connectivity index (χ2v) is 4.59. The zero-order valence-electron chi connectivity index (χ0n) is 9.95. The van der Waals surface area contributed by atoms with E-state index in [4.69, 9.17) is 10.5 Å². The molecular weight excluding hydrogens is 192 g/mol. The van der Waals surface area contributed by atoms with Crippen molar-refractivity contribution in [2.75, 3.05) is 19.6 Å². The highest BCUT2D eigenvalue weighted by molar-refractivity contribution is 5.85. The smallest absolute Gasteiger partial charge is 0.254 e. The Labute approximate surface area is 91.8 Å². The molecule has 1 heterocycles. The molecule has 1 rings (SSSR count). The number of nitrogens with two attached hydrogens (primary N) is 1. The molecule has 0 aromatic heterocycles. The van der Waals surface area contributed by atoms with Gasteiger partial charge >= 0.3 is 0 Å². The fourth-order valence-corrected chi connectivity index (χ4v) is 1.88. The van der Waals surface area contributed by atoms with Crippen LogP contribution in [0.5, 0.6) is 0 Å². The van der Waals surface area contributed by atoms with E-state index in [2.05, 4.69) is 6.92 Å². The number of unbranched alkanes of at least 4 members (excludes halogenated alkanes) is 1. The normalized spacial score (nSPS) is 25.7. The summed E-state index contributed by atoms with van der Waals surface area (Å²) in [7, 11) is 0. The lowest BCUT2D eigenvalue weighted by Gasteiger charge is -2.41. The maximum atomic E-state index is 12.0. The van der Waals surface area contributed by atoms with Crippen LogP contribution in [0.2, 0.25) is 0 Å². The lowest BCUT2D eigenvalue weighted by atomic mass is 10.0. The Morgan fingerprint density at radius 2 is 2.27 bits per heavy atom. The topological polar surface area (TPSA) is 55.6 Å². The number of amides is 1. The molecule has 2 N–H and O–H groups in total. The second kappa shape index (κ2) is 4.94. The Morgan fingerprint density at radius 1 is 1.60 bits per heavy atom. The van der Waals surface area contributed by atoms with E-state index in [1.54, 1.807) is 0 Å². The van der Waals surface area contributed by atoms with E-state index in [1.165, 1.54) is 0 Å². The molecule has 1 unspecified atom stereocenters. The number of hydrogen-bond donors (Lipinski definition) is 1. The molecule has 0 spiro atoms. The van der Waals surface area contributed by atoms with E-state index in [-0.39, 0.29) is 12.0 Å². The van der Waals surface area contributed by atoms with Crippen molar-refractivity contribution < 1.29 is 9.53 Å². The first-order chi connectivity index (χ1) is 7.01. The Hall–Kier alpha value is -0.610. The van der Waals surface area contributed by atoms with Crippen molar-refractivity contribution in [2.45, 2.75) is 45.3 Å². The molecule has 1 aliphatic rings. The van der Waals surface area contributed by atoms with Gasteiger partial charge in [0.05, 0.1) is 6.10 Å². The molecule has 0 aromatic rings. The largest absolute Gasteiger partial charge is 0.359 e. The molecule has 1 fully saturated rings. The molecule has 0 saturated carbocycles. The molecule has 1 atom stereocenters. The molecule has 1 saturated heterocycles. The molecule has 4 nitrogen and oxygen atoms in total. The quantitative estimate of drug-likeness (QED) is 0.751. The van der Waals surface area contributed by atoms with E-state index in [9.17, 15) is 4.79 Å². The van der Waals surface area contributed by atoms with E-state index in [0.29, 0.717) is 13.1 Å². The van der Waals surface area contributed by atoms with Crippen molar-refractivity contribution in [1.29, 1.82) is 0 Å². The van der Waals surface area contributed by atoms with Crippen molar-refractivity contribution in [2.24, 2.45) is 5.73 Å². The lowest BCUT2D eigenvalue weighted by Crippen LogP contribution is -2.58. The van der Waals surface area contributed by atoms with Gasteiger partial charge in [-0.2, -0.15) is 0 Å². The Morgan fingerprint density at radius 3 is 2.80 bits per heavy atom. The van der Waals surface area contributed by atoms with Gasteiger partial charge in [0.2, 0.25) is 0 Å². The molecule has 0 bridgehead atoms. The van der Waals surface area contributed by atoms with Crippen LogP contribution in [-0.4, -0.2) is 42.1 Å². The minimum atomic E-state index is -0.712. The summed E-state index contributed by atoms with van der Waals surface area (Å²) in [6.45, 7) is 7.68. The van der Waals surface area contributed by atoms with Gasteiger partial charge in [-0.15, -0.1) is 0 Å². The van der Waals surface area contributed by atoms with Gasteiger partial charge in [-0.3, -0.25) is 4.79 Å². The van der Waals surface area contributed by atoms with Crippen molar-refractivity contribution in [3.63, 3.8) is 0 Å². The monoisotopic (exact) mass is 214 g/mol. The first-order valence-electron chi connectivity index (χ1n) is 5.68. The fraction of sp³-hybridized carbons (Fsp3) is 0.909. The summed E-state index contributed by atoms with van der Waals surface area (Å²) in [6, 6.07) is 0. The first-order valence-corrected chi connectivity index (χ1v) is 5.68. The van der Waals surface area contributed by atoms with Gasteiger partial charge in [0.25, 0.3) is 5.91 Å². The van der Waals surface area contributed by atoms with Gasteiger partial charge in [0.1, 0.15) is 5.60 Å². The maximum Gasteiger partial charge on any atom is 0.254 e. The summed E-state index contributed by atoms with van der Waals surface area (Å²) in [5, 5.41) is 0. The molecule has 0 aliphatic carbocycles. The summed E-state index contributed by atoms with van der Waals surface area (Å²) in [5.41, 5.74) is 4.89. The Bertz CT molecular complexity index is 229. The molecular formula is C11H22N2O2. The first kappa shape index (κ1) is 12.5. The molecule has 1 aliphatic heterocycles. The maximum absolute atomic E-state index is 12.0. The molecule has 15 heavy (non-hydrogen) atoms. The van der Waals surface area contributed by atoms with Crippen molar-refractivity contribution in [3.8, 4) is 0 Å². The SMILES string of the molecule is CCCCN1CC(CN)OC(C)(C)C1=O. The molecule has 0 radical (unpaired) electrons. The molecule has 88 valence electrons. The fourth-order valence-electron chi connectivity index (χ4n) is 1.88. The number of hydrogen-bond acceptors (Lipinski definition) is 3. The number of carbonyl (C=O) groups excluding carboxylic acids is 1. The number of rotatable bonds is 4. The number of nitrogens with zero attached hydrogens (tertiary/aromatic N) is 1. The average Bonchev–Trinajstić information content (AvgIpc) is 2.20. The van der Waals surface area contributed by atoms with Crippen LogP contribution in [-0.2, 0) is 9.53 Å². The van der Waals surface area contributed by atoms with E-state index >= 15 is 0 Å². The summed E-state index contributed by atoms with van der Waals surface area (Å²) in [4.78, 5) is 13.9. The van der Waals surface area contributed by atoms with Crippen LogP contribution in [0.15, 0.2) is 0 Å². The Kier molecular flexibility index (Phi) is 4.11. The summed E-state index contributed by atoms with van der Waals surface area (Å²) in [5.74, 6) is 0.0839. The predicted molar refractivity (Wildman–Crippen MR) is 59.5 cm³/mol. The van der Waals surface area contributed by atoms with E-state index in [0.717, 1.165) is 19.4 Å². The van der Waals surface area contributed by atoms with Gasteiger partial charge in [0.15, 0.2) is 0 Å². The van der Waals surface area contributed by atoms with Gasteiger partial charge in [-0.05, 0) is 20.3 Å². The lowest BCUT2D eigenvalue weighted by molar-refractivity contribution is -0.178. The van der Waals surface area contributed by atoms with Crippen LogP contribution in [0.1, 0.15) is 33.6 Å². The minimum Gasteiger partial charge on any atom is -0.359 e. The standard InChI is InChI=1S/C11H22N2O2/c1-4-5-6-13-8-9(7-12)15-11(2,3)10(13)14/h9H,4-8,12H2,1-3H3. The zero-order valence-corrected chi connectivity index (χ0v) is 9.95. The van der Waals surface area contributed by atoms with Gasteiger partial charge in [-0.25, -0.2) is 0 Å². The van der Waals surface area contributed by atoms with Gasteiger partial charge in [-0.1, -0.05) is 13.3 Å². The highest BCUT2D eigenvalue weighted by Gasteiger charge is 2.40. The van der Waals surface area contributed by atoms with Gasteiger partial charge < -0.3 is 15.4 Å². The third-order valence-electron chi connectivity index (χ3n) is 2.73. The molecule has 1 amide bonds. The zero-order chi connectivity index (χ0) is 11.5. The summed E-state index contributed by atoms with van der Waals surface area (Å²) >= 11 is 0. The number of ether oxygens (including phenoxy) is 1. The second-order valence-electron chi connectivity index (χ2n) is 4.59. The minimum absolute atomic E-state index is 0.0189.